The van der Waals surface area contributed by atoms with E-state index in [2.05, 4.69) is 46.8 Å². The average molecular weight is 333 g/mol. The maximum absolute atomic E-state index is 12.9. The molecule has 0 aliphatic carbocycles. The SMILES string of the molecule is CCN1CCN(C(=O)C(C)N2CCCC2Cn2cc(C)cn2)CC1. The Labute approximate surface area is 145 Å². The molecule has 0 bridgehead atoms. The van der Waals surface area contributed by atoms with Crippen molar-refractivity contribution in [2.24, 2.45) is 0 Å². The van der Waals surface area contributed by atoms with Crippen molar-refractivity contribution in [3.8, 4) is 0 Å². The highest BCUT2D eigenvalue weighted by molar-refractivity contribution is 5.81. The van der Waals surface area contributed by atoms with E-state index >= 15 is 0 Å². The smallest absolute Gasteiger partial charge is 0.239 e. The molecule has 2 aliphatic heterocycles. The summed E-state index contributed by atoms with van der Waals surface area (Å²) < 4.78 is 2.02. The van der Waals surface area contributed by atoms with E-state index in [1.165, 1.54) is 12.0 Å². The zero-order valence-electron chi connectivity index (χ0n) is 15.3. The number of amides is 1. The highest BCUT2D eigenvalue weighted by Gasteiger charge is 2.35. The molecule has 24 heavy (non-hydrogen) atoms. The molecule has 6 nitrogen and oxygen atoms in total. The van der Waals surface area contributed by atoms with Crippen molar-refractivity contribution in [1.82, 2.24) is 24.5 Å². The van der Waals surface area contributed by atoms with Crippen molar-refractivity contribution in [2.75, 3.05) is 39.3 Å². The number of aryl methyl sites for hydroxylation is 1. The molecule has 0 radical (unpaired) electrons. The molecule has 1 amide bonds. The van der Waals surface area contributed by atoms with Gasteiger partial charge in [-0.3, -0.25) is 14.4 Å². The van der Waals surface area contributed by atoms with Gasteiger partial charge >= 0.3 is 0 Å². The molecule has 2 unspecified atom stereocenters. The van der Waals surface area contributed by atoms with E-state index in [4.69, 9.17) is 0 Å². The molecule has 2 saturated heterocycles. The second-order valence-corrected chi connectivity index (χ2v) is 7.21. The number of hydrogen-bond acceptors (Lipinski definition) is 4. The minimum atomic E-state index is -0.0256. The lowest BCUT2D eigenvalue weighted by atomic mass is 10.1. The molecule has 0 saturated carbocycles. The molecule has 2 aliphatic rings. The summed E-state index contributed by atoms with van der Waals surface area (Å²) in [6, 6.07) is 0.391. The van der Waals surface area contributed by atoms with Crippen molar-refractivity contribution in [3.05, 3.63) is 18.0 Å². The Kier molecular flexibility index (Phi) is 5.56. The highest BCUT2D eigenvalue weighted by Crippen LogP contribution is 2.23. The largest absolute Gasteiger partial charge is 0.339 e. The average Bonchev–Trinajstić information content (AvgIpc) is 3.23. The number of aromatic nitrogens is 2. The highest BCUT2D eigenvalue weighted by atomic mass is 16.2. The van der Waals surface area contributed by atoms with E-state index in [0.717, 1.165) is 52.2 Å². The molecule has 3 heterocycles. The van der Waals surface area contributed by atoms with Crippen molar-refractivity contribution in [1.29, 1.82) is 0 Å². The van der Waals surface area contributed by atoms with Crippen LogP contribution in [-0.4, -0.2) is 81.7 Å². The summed E-state index contributed by atoms with van der Waals surface area (Å²) in [4.78, 5) is 19.8. The van der Waals surface area contributed by atoms with E-state index in [-0.39, 0.29) is 6.04 Å². The molecule has 1 aromatic rings. The van der Waals surface area contributed by atoms with Crippen LogP contribution < -0.4 is 0 Å². The van der Waals surface area contributed by atoms with Crippen LogP contribution >= 0.6 is 0 Å². The topological polar surface area (TPSA) is 44.6 Å². The Morgan fingerprint density at radius 1 is 1.29 bits per heavy atom. The lowest BCUT2D eigenvalue weighted by molar-refractivity contribution is -0.138. The van der Waals surface area contributed by atoms with E-state index < -0.39 is 0 Å². The minimum absolute atomic E-state index is 0.0256. The molecule has 0 N–H and O–H groups in total. The lowest BCUT2D eigenvalue weighted by Gasteiger charge is -2.38. The van der Waals surface area contributed by atoms with Crippen molar-refractivity contribution in [2.45, 2.75) is 52.2 Å². The van der Waals surface area contributed by atoms with Crippen LogP contribution in [0.2, 0.25) is 0 Å². The lowest BCUT2D eigenvalue weighted by Crippen LogP contribution is -2.55. The van der Waals surface area contributed by atoms with Crippen LogP contribution in [0.15, 0.2) is 12.4 Å². The third-order valence-electron chi connectivity index (χ3n) is 5.57. The van der Waals surface area contributed by atoms with Crippen molar-refractivity contribution < 1.29 is 4.79 Å². The fourth-order valence-corrected chi connectivity index (χ4v) is 4.04. The Bertz CT molecular complexity index is 549. The summed E-state index contributed by atoms with van der Waals surface area (Å²) in [5.74, 6) is 0.300. The van der Waals surface area contributed by atoms with Crippen LogP contribution in [0.1, 0.15) is 32.3 Å². The summed E-state index contributed by atoms with van der Waals surface area (Å²) in [6.07, 6.45) is 6.32. The Morgan fingerprint density at radius 2 is 2.04 bits per heavy atom. The second kappa shape index (κ2) is 7.66. The number of carbonyl (C=O) groups is 1. The van der Waals surface area contributed by atoms with Gasteiger partial charge in [-0.05, 0) is 45.3 Å². The van der Waals surface area contributed by atoms with Gasteiger partial charge in [-0.2, -0.15) is 5.10 Å². The van der Waals surface area contributed by atoms with Gasteiger partial charge in [0.2, 0.25) is 5.91 Å². The van der Waals surface area contributed by atoms with Gasteiger partial charge < -0.3 is 9.80 Å². The molecular formula is C18H31N5O. The zero-order valence-corrected chi connectivity index (χ0v) is 15.3. The van der Waals surface area contributed by atoms with E-state index in [0.29, 0.717) is 11.9 Å². The number of piperazine rings is 1. The monoisotopic (exact) mass is 333 g/mol. The van der Waals surface area contributed by atoms with Crippen LogP contribution in [0.25, 0.3) is 0 Å². The number of carbonyl (C=O) groups excluding carboxylic acids is 1. The van der Waals surface area contributed by atoms with Gasteiger partial charge in [0, 0.05) is 38.4 Å². The van der Waals surface area contributed by atoms with Gasteiger partial charge in [0.25, 0.3) is 0 Å². The quantitative estimate of drug-likeness (QED) is 0.812. The second-order valence-electron chi connectivity index (χ2n) is 7.21. The van der Waals surface area contributed by atoms with Crippen LogP contribution in [0.3, 0.4) is 0 Å². The van der Waals surface area contributed by atoms with Crippen LogP contribution in [0.4, 0.5) is 0 Å². The Hall–Kier alpha value is -1.40. The molecule has 2 fully saturated rings. The van der Waals surface area contributed by atoms with E-state index in [1.807, 2.05) is 10.9 Å². The fourth-order valence-electron chi connectivity index (χ4n) is 4.04. The summed E-state index contributed by atoms with van der Waals surface area (Å²) in [6.45, 7) is 13.1. The van der Waals surface area contributed by atoms with Gasteiger partial charge in [-0.15, -0.1) is 0 Å². The molecule has 1 aromatic heterocycles. The summed E-state index contributed by atoms with van der Waals surface area (Å²) in [5.41, 5.74) is 1.19. The van der Waals surface area contributed by atoms with Crippen LogP contribution in [0, 0.1) is 6.92 Å². The first kappa shape index (κ1) is 17.4. The number of likely N-dealkylation sites (tertiary alicyclic amines) is 1. The summed E-state index contributed by atoms with van der Waals surface area (Å²) in [5, 5.41) is 4.41. The number of nitrogens with zero attached hydrogens (tertiary/aromatic N) is 5. The van der Waals surface area contributed by atoms with E-state index in [9.17, 15) is 4.79 Å². The number of likely N-dealkylation sites (N-methyl/N-ethyl adjacent to an activating group) is 1. The zero-order chi connectivity index (χ0) is 17.1. The van der Waals surface area contributed by atoms with Crippen LogP contribution in [0.5, 0.6) is 0 Å². The first-order chi connectivity index (χ1) is 11.6. The first-order valence-corrected chi connectivity index (χ1v) is 9.34. The van der Waals surface area contributed by atoms with Gasteiger partial charge in [0.1, 0.15) is 0 Å². The molecule has 3 rings (SSSR count). The van der Waals surface area contributed by atoms with Crippen LogP contribution in [-0.2, 0) is 11.3 Å². The molecule has 2 atom stereocenters. The van der Waals surface area contributed by atoms with Gasteiger partial charge in [-0.25, -0.2) is 0 Å². The molecule has 0 spiro atoms. The number of hydrogen-bond donors (Lipinski definition) is 0. The normalized spacial score (nSPS) is 24.5. The standard InChI is InChI=1S/C18H31N5O/c1-4-20-8-10-21(11-9-20)18(24)16(3)23-7-5-6-17(23)14-22-13-15(2)12-19-22/h12-13,16-17H,4-11,14H2,1-3H3. The fraction of sp³-hybridized carbons (Fsp3) is 0.778. The molecule has 0 aromatic carbocycles. The van der Waals surface area contributed by atoms with Gasteiger partial charge in [0.15, 0.2) is 0 Å². The first-order valence-electron chi connectivity index (χ1n) is 9.34. The minimum Gasteiger partial charge on any atom is -0.339 e. The Balaban J connectivity index is 1.58. The third-order valence-corrected chi connectivity index (χ3v) is 5.57. The predicted octanol–water partition coefficient (Wildman–Crippen LogP) is 1.21. The van der Waals surface area contributed by atoms with E-state index in [1.54, 1.807) is 0 Å². The molecular weight excluding hydrogens is 302 g/mol. The molecule has 6 heteroatoms. The number of rotatable bonds is 5. The maximum Gasteiger partial charge on any atom is 0.239 e. The third kappa shape index (κ3) is 3.81. The maximum atomic E-state index is 12.9. The summed E-state index contributed by atoms with van der Waals surface area (Å²) in [7, 11) is 0. The summed E-state index contributed by atoms with van der Waals surface area (Å²) >= 11 is 0. The molecule has 134 valence electrons. The van der Waals surface area contributed by atoms with Gasteiger partial charge in [0.05, 0.1) is 18.8 Å². The van der Waals surface area contributed by atoms with Gasteiger partial charge in [-0.1, -0.05) is 6.92 Å². The Morgan fingerprint density at radius 3 is 2.67 bits per heavy atom. The predicted molar refractivity (Wildman–Crippen MR) is 94.8 cm³/mol. The van der Waals surface area contributed by atoms with Crippen molar-refractivity contribution in [3.63, 3.8) is 0 Å². The van der Waals surface area contributed by atoms with Crippen molar-refractivity contribution >= 4 is 5.91 Å².